The first-order valence-electron chi connectivity index (χ1n) is 8.80. The number of carbonyl (C=O) groups excluding carboxylic acids is 1. The summed E-state index contributed by atoms with van der Waals surface area (Å²) in [5.41, 5.74) is 6.58. The average molecular weight is 418 g/mol. The van der Waals surface area contributed by atoms with Gasteiger partial charge in [0.25, 0.3) is 0 Å². The minimum absolute atomic E-state index is 0.00182. The lowest BCUT2D eigenvalue weighted by molar-refractivity contribution is -0.123. The minimum Gasteiger partial charge on any atom is -0.496 e. The molecule has 1 aromatic heterocycles. The van der Waals surface area contributed by atoms with Crippen molar-refractivity contribution < 1.29 is 13.9 Å². The Labute approximate surface area is 172 Å². The van der Waals surface area contributed by atoms with Gasteiger partial charge < -0.3 is 21.1 Å². The van der Waals surface area contributed by atoms with Crippen LogP contribution in [-0.4, -0.2) is 35.6 Å². The molecule has 3 aromatic rings. The number of carbonyl (C=O) groups is 1. The number of likely N-dealkylation sites (N-methyl/N-ethyl adjacent to an activating group) is 1. The summed E-state index contributed by atoms with van der Waals surface area (Å²) in [6.45, 7) is 1.72. The number of nitrogens with one attached hydrogen (secondary N) is 2. The van der Waals surface area contributed by atoms with Crippen LogP contribution in [0.25, 0.3) is 10.9 Å². The molecule has 0 aliphatic carbocycles. The number of amides is 1. The van der Waals surface area contributed by atoms with Crippen LogP contribution in [0.2, 0.25) is 5.02 Å². The van der Waals surface area contributed by atoms with Gasteiger partial charge in [0.1, 0.15) is 23.7 Å². The lowest BCUT2D eigenvalue weighted by Gasteiger charge is -2.26. The van der Waals surface area contributed by atoms with Gasteiger partial charge in [-0.25, -0.2) is 14.4 Å². The van der Waals surface area contributed by atoms with Crippen molar-refractivity contribution >= 4 is 39.9 Å². The van der Waals surface area contributed by atoms with Crippen molar-refractivity contribution in [1.82, 2.24) is 15.3 Å². The predicted octanol–water partition coefficient (Wildman–Crippen LogP) is 3.18. The van der Waals surface area contributed by atoms with Gasteiger partial charge in [-0.3, -0.25) is 4.79 Å². The van der Waals surface area contributed by atoms with Gasteiger partial charge in [-0.2, -0.15) is 0 Å². The summed E-state index contributed by atoms with van der Waals surface area (Å²) >= 11 is 5.87. The summed E-state index contributed by atoms with van der Waals surface area (Å²) in [5.74, 6) is 0.0990. The molecule has 7 nitrogen and oxygen atoms in total. The van der Waals surface area contributed by atoms with Crippen molar-refractivity contribution in [3.8, 4) is 5.75 Å². The summed E-state index contributed by atoms with van der Waals surface area (Å²) in [7, 11) is 3.22. The normalized spacial score (nSPS) is 13.1. The lowest BCUT2D eigenvalue weighted by atomic mass is 9.91. The Morgan fingerprint density at radius 3 is 2.69 bits per heavy atom. The van der Waals surface area contributed by atoms with E-state index in [1.165, 1.54) is 18.5 Å². The van der Waals surface area contributed by atoms with E-state index >= 15 is 0 Å². The number of benzene rings is 2. The van der Waals surface area contributed by atoms with Crippen LogP contribution in [0.15, 0.2) is 36.7 Å². The molecule has 2 aromatic carbocycles. The predicted molar refractivity (Wildman–Crippen MR) is 111 cm³/mol. The van der Waals surface area contributed by atoms with E-state index in [0.29, 0.717) is 34.6 Å². The Kier molecular flexibility index (Phi) is 5.86. The fourth-order valence-electron chi connectivity index (χ4n) is 2.95. The molecular formula is C20H21ClFN5O2. The first kappa shape index (κ1) is 20.8. The zero-order chi connectivity index (χ0) is 21.2. The second kappa shape index (κ2) is 8.18. The van der Waals surface area contributed by atoms with Gasteiger partial charge in [-0.15, -0.1) is 0 Å². The Hall–Kier alpha value is -2.97. The van der Waals surface area contributed by atoms with E-state index < -0.39 is 17.3 Å². The van der Waals surface area contributed by atoms with Crippen molar-refractivity contribution in [3.05, 3.63) is 53.1 Å². The monoisotopic (exact) mass is 417 g/mol. The van der Waals surface area contributed by atoms with Crippen LogP contribution in [0.4, 0.5) is 15.9 Å². The molecule has 3 rings (SSSR count). The first-order chi connectivity index (χ1) is 13.8. The van der Waals surface area contributed by atoms with Crippen LogP contribution in [-0.2, 0) is 11.2 Å². The number of nitrogens with two attached hydrogens (primary N) is 1. The summed E-state index contributed by atoms with van der Waals surface area (Å²) < 4.78 is 18.9. The van der Waals surface area contributed by atoms with Gasteiger partial charge in [0.15, 0.2) is 0 Å². The third kappa shape index (κ3) is 4.23. The summed E-state index contributed by atoms with van der Waals surface area (Å²) in [6.07, 6.45) is 1.71. The number of hydrogen-bond acceptors (Lipinski definition) is 6. The maximum atomic E-state index is 13.4. The third-order valence-corrected chi connectivity index (χ3v) is 5.15. The molecule has 0 radical (unpaired) electrons. The van der Waals surface area contributed by atoms with Gasteiger partial charge >= 0.3 is 0 Å². The molecule has 0 fully saturated rings. The fraction of sp³-hybridized carbons (Fsp3) is 0.250. The second-order valence-electron chi connectivity index (χ2n) is 6.78. The smallest absolute Gasteiger partial charge is 0.237 e. The number of hydrogen-bond donors (Lipinski definition) is 3. The Bertz CT molecular complexity index is 1080. The topological polar surface area (TPSA) is 102 Å². The number of anilines is 2. The molecule has 0 aliphatic rings. The molecule has 0 bridgehead atoms. The second-order valence-corrected chi connectivity index (χ2v) is 7.19. The molecular weight excluding hydrogens is 397 g/mol. The fourth-order valence-corrected chi connectivity index (χ4v) is 3.13. The quantitative estimate of drug-likeness (QED) is 0.545. The third-order valence-electron chi connectivity index (χ3n) is 4.86. The number of aromatic nitrogens is 2. The van der Waals surface area contributed by atoms with Crippen LogP contribution in [0.3, 0.4) is 0 Å². The van der Waals surface area contributed by atoms with Gasteiger partial charge in [-0.1, -0.05) is 11.6 Å². The number of ether oxygens (including phenoxy) is 1. The van der Waals surface area contributed by atoms with Crippen LogP contribution in [0.1, 0.15) is 12.5 Å². The van der Waals surface area contributed by atoms with Crippen LogP contribution in [0, 0.1) is 5.82 Å². The van der Waals surface area contributed by atoms with E-state index in [0.717, 1.165) is 5.56 Å². The lowest BCUT2D eigenvalue weighted by Crippen LogP contribution is -2.53. The van der Waals surface area contributed by atoms with Gasteiger partial charge in [0.2, 0.25) is 5.91 Å². The van der Waals surface area contributed by atoms with E-state index in [9.17, 15) is 9.18 Å². The van der Waals surface area contributed by atoms with Crippen molar-refractivity contribution in [3.63, 3.8) is 0 Å². The largest absolute Gasteiger partial charge is 0.496 e. The van der Waals surface area contributed by atoms with E-state index in [1.807, 2.05) is 6.07 Å². The van der Waals surface area contributed by atoms with Crippen molar-refractivity contribution in [1.29, 1.82) is 0 Å². The molecule has 152 valence electrons. The molecule has 9 heteroatoms. The summed E-state index contributed by atoms with van der Waals surface area (Å²) in [5, 5.41) is 6.80. The van der Waals surface area contributed by atoms with Gasteiger partial charge in [-0.05, 0) is 43.8 Å². The average Bonchev–Trinajstić information content (AvgIpc) is 2.70. The minimum atomic E-state index is -0.964. The number of primary amides is 1. The highest BCUT2D eigenvalue weighted by Crippen LogP contribution is 2.32. The number of fused-ring (bicyclic) bond motifs is 1. The summed E-state index contributed by atoms with van der Waals surface area (Å²) in [4.78, 5) is 20.5. The van der Waals surface area contributed by atoms with Crippen molar-refractivity contribution in [2.24, 2.45) is 5.73 Å². The van der Waals surface area contributed by atoms with Crippen molar-refractivity contribution in [2.45, 2.75) is 18.9 Å². The van der Waals surface area contributed by atoms with E-state index in [1.54, 1.807) is 33.2 Å². The Balaban J connectivity index is 2.08. The molecule has 0 unspecified atom stereocenters. The van der Waals surface area contributed by atoms with E-state index in [2.05, 4.69) is 20.6 Å². The Morgan fingerprint density at radius 1 is 1.31 bits per heavy atom. The standard InChI is InChI=1S/C20H21ClFN5O2/c1-20(24-2,19(23)28)9-11-6-13-16(8-17(11)29-3)25-10-26-18(13)27-12-4-5-15(22)14(21)7-12/h4-8,10,24H,9H2,1-3H3,(H2,23,28)(H,25,26,27)/t20-/m0/s1. The molecule has 0 spiro atoms. The molecule has 0 saturated heterocycles. The van der Waals surface area contributed by atoms with Crippen LogP contribution >= 0.6 is 11.6 Å². The molecule has 29 heavy (non-hydrogen) atoms. The van der Waals surface area contributed by atoms with E-state index in [-0.39, 0.29) is 5.02 Å². The SMILES string of the molecule is CN[C@@](C)(Cc1cc2c(Nc3ccc(F)c(Cl)c3)ncnc2cc1OC)C(N)=O. The molecule has 0 aliphatic heterocycles. The van der Waals surface area contributed by atoms with Crippen LogP contribution < -0.4 is 21.1 Å². The van der Waals surface area contributed by atoms with E-state index in [4.69, 9.17) is 22.1 Å². The molecule has 4 N–H and O–H groups in total. The van der Waals surface area contributed by atoms with Crippen LogP contribution in [0.5, 0.6) is 5.75 Å². The highest BCUT2D eigenvalue weighted by molar-refractivity contribution is 6.31. The Morgan fingerprint density at radius 2 is 2.07 bits per heavy atom. The highest BCUT2D eigenvalue weighted by atomic mass is 35.5. The number of methoxy groups -OCH3 is 1. The maximum absolute atomic E-state index is 13.4. The van der Waals surface area contributed by atoms with Crippen molar-refractivity contribution in [2.75, 3.05) is 19.5 Å². The number of nitrogens with zero attached hydrogens (tertiary/aromatic N) is 2. The zero-order valence-electron chi connectivity index (χ0n) is 16.2. The number of rotatable bonds is 7. The highest BCUT2D eigenvalue weighted by Gasteiger charge is 2.30. The van der Waals surface area contributed by atoms with Gasteiger partial charge in [0, 0.05) is 23.6 Å². The molecule has 1 atom stereocenters. The maximum Gasteiger partial charge on any atom is 0.237 e. The zero-order valence-corrected chi connectivity index (χ0v) is 17.0. The number of halogens is 2. The molecule has 0 saturated carbocycles. The molecule has 1 amide bonds. The van der Waals surface area contributed by atoms with Gasteiger partial charge in [0.05, 0.1) is 23.2 Å². The summed E-state index contributed by atoms with van der Waals surface area (Å²) in [6, 6.07) is 7.92. The first-order valence-corrected chi connectivity index (χ1v) is 9.17. The molecule has 1 heterocycles.